The van der Waals surface area contributed by atoms with Gasteiger partial charge >= 0.3 is 0 Å². The number of amides is 3. The number of nitrogens with one attached hydrogen (secondary N) is 2. The molecule has 0 atom stereocenters. The highest BCUT2D eigenvalue weighted by Gasteiger charge is 2.21. The Labute approximate surface area is 128 Å². The Bertz CT molecular complexity index is 622. The van der Waals surface area contributed by atoms with Gasteiger partial charge in [0.15, 0.2) is 0 Å². The number of hydrogen-bond donors (Lipinski definition) is 2. The molecule has 0 saturated heterocycles. The van der Waals surface area contributed by atoms with Crippen LogP contribution in [0.2, 0.25) is 0 Å². The predicted molar refractivity (Wildman–Crippen MR) is 81.1 cm³/mol. The minimum atomic E-state index is -0.213. The van der Waals surface area contributed by atoms with Crippen molar-refractivity contribution in [3.63, 3.8) is 0 Å². The van der Waals surface area contributed by atoms with E-state index in [0.717, 1.165) is 5.56 Å². The Balaban J connectivity index is 1.99. The van der Waals surface area contributed by atoms with E-state index in [2.05, 4.69) is 15.8 Å². The Morgan fingerprint density at radius 1 is 1.27 bits per heavy atom. The molecule has 2 N–H and O–H groups in total. The number of hydrogen-bond acceptors (Lipinski definition) is 4. The molecule has 116 valence electrons. The van der Waals surface area contributed by atoms with E-state index in [4.69, 9.17) is 0 Å². The van der Waals surface area contributed by atoms with Crippen molar-refractivity contribution < 1.29 is 14.4 Å². The summed E-state index contributed by atoms with van der Waals surface area (Å²) in [5.74, 6) is -0.539. The Hall–Kier alpha value is -2.70. The molecule has 0 saturated carbocycles. The fraction of sp³-hybridized carbons (Fsp3) is 0.333. The van der Waals surface area contributed by atoms with Gasteiger partial charge in [-0.25, -0.2) is 5.43 Å². The van der Waals surface area contributed by atoms with Gasteiger partial charge in [-0.2, -0.15) is 5.10 Å². The molecular weight excluding hydrogens is 284 g/mol. The molecule has 0 bridgehead atoms. The van der Waals surface area contributed by atoms with Crippen LogP contribution in [-0.2, 0) is 16.1 Å². The van der Waals surface area contributed by atoms with Crippen molar-refractivity contribution in [3.8, 4) is 0 Å². The summed E-state index contributed by atoms with van der Waals surface area (Å²) in [5.41, 5.74) is 4.14. The molecule has 0 radical (unpaired) electrons. The molecule has 0 spiro atoms. The molecule has 0 aliphatic carbocycles. The van der Waals surface area contributed by atoms with Crippen LogP contribution >= 0.6 is 0 Å². The van der Waals surface area contributed by atoms with Crippen molar-refractivity contribution in [1.29, 1.82) is 0 Å². The standard InChI is InChI=1S/C15H18N4O3/c1-16-14(21)11-5-3-10(4-6-11)9-19(2)15(22)12-7-8-13(20)18-17-12/h3-6H,7-9H2,1-2H3,(H,16,21)(H,18,20). The number of carbonyl (C=O) groups excluding carboxylic acids is 3. The highest BCUT2D eigenvalue weighted by Crippen LogP contribution is 2.09. The number of benzene rings is 1. The zero-order valence-electron chi connectivity index (χ0n) is 12.5. The molecule has 3 amide bonds. The summed E-state index contributed by atoms with van der Waals surface area (Å²) in [6.45, 7) is 0.403. The normalized spacial score (nSPS) is 13.9. The SMILES string of the molecule is CNC(=O)c1ccc(CN(C)C(=O)C2=NNC(=O)CC2)cc1. The number of carbonyl (C=O) groups is 3. The van der Waals surface area contributed by atoms with Gasteiger partial charge in [0.2, 0.25) is 5.91 Å². The van der Waals surface area contributed by atoms with Crippen molar-refractivity contribution in [1.82, 2.24) is 15.6 Å². The van der Waals surface area contributed by atoms with Crippen molar-refractivity contribution in [2.24, 2.45) is 5.10 Å². The van der Waals surface area contributed by atoms with Crippen molar-refractivity contribution in [3.05, 3.63) is 35.4 Å². The van der Waals surface area contributed by atoms with Crippen LogP contribution in [0.15, 0.2) is 29.4 Å². The molecular formula is C15H18N4O3. The third-order valence-corrected chi connectivity index (χ3v) is 3.36. The maximum atomic E-state index is 12.2. The van der Waals surface area contributed by atoms with Crippen LogP contribution in [-0.4, -0.2) is 42.4 Å². The summed E-state index contributed by atoms with van der Waals surface area (Å²) in [6.07, 6.45) is 0.629. The molecule has 0 unspecified atom stereocenters. The van der Waals surface area contributed by atoms with Crippen molar-refractivity contribution in [2.75, 3.05) is 14.1 Å². The second-order valence-corrected chi connectivity index (χ2v) is 5.03. The third kappa shape index (κ3) is 3.69. The average molecular weight is 302 g/mol. The number of hydrazone groups is 1. The minimum absolute atomic E-state index is 0.150. The second kappa shape index (κ2) is 6.84. The zero-order valence-corrected chi connectivity index (χ0v) is 12.5. The first-order valence-corrected chi connectivity index (χ1v) is 6.93. The minimum Gasteiger partial charge on any atom is -0.355 e. The van der Waals surface area contributed by atoms with Gasteiger partial charge in [-0.05, 0) is 17.7 Å². The van der Waals surface area contributed by atoms with E-state index in [1.54, 1.807) is 38.4 Å². The molecule has 22 heavy (non-hydrogen) atoms. The molecule has 1 aromatic rings. The molecule has 2 rings (SSSR count). The molecule has 0 fully saturated rings. The number of rotatable bonds is 4. The molecule has 1 aliphatic heterocycles. The van der Waals surface area contributed by atoms with Crippen LogP contribution in [0.3, 0.4) is 0 Å². The highest BCUT2D eigenvalue weighted by atomic mass is 16.2. The molecule has 7 nitrogen and oxygen atoms in total. The van der Waals surface area contributed by atoms with E-state index in [1.165, 1.54) is 4.90 Å². The largest absolute Gasteiger partial charge is 0.355 e. The Kier molecular flexibility index (Phi) is 4.88. The van der Waals surface area contributed by atoms with E-state index < -0.39 is 0 Å². The van der Waals surface area contributed by atoms with E-state index in [9.17, 15) is 14.4 Å². The summed E-state index contributed by atoms with van der Waals surface area (Å²) in [4.78, 5) is 36.2. The molecule has 1 aliphatic rings. The van der Waals surface area contributed by atoms with Gasteiger partial charge in [0.1, 0.15) is 5.71 Å². The van der Waals surface area contributed by atoms with Gasteiger partial charge < -0.3 is 10.2 Å². The smallest absolute Gasteiger partial charge is 0.270 e. The molecule has 1 heterocycles. The lowest BCUT2D eigenvalue weighted by Gasteiger charge is -2.20. The van der Waals surface area contributed by atoms with Crippen LogP contribution in [0.5, 0.6) is 0 Å². The lowest BCUT2D eigenvalue weighted by molar-refractivity contribution is -0.124. The summed E-state index contributed by atoms with van der Waals surface area (Å²) < 4.78 is 0. The average Bonchev–Trinajstić information content (AvgIpc) is 2.54. The quantitative estimate of drug-likeness (QED) is 0.836. The zero-order chi connectivity index (χ0) is 16.1. The van der Waals surface area contributed by atoms with Crippen LogP contribution in [0.4, 0.5) is 0 Å². The van der Waals surface area contributed by atoms with Crippen molar-refractivity contribution >= 4 is 23.4 Å². The predicted octanol–water partition coefficient (Wildman–Crippen LogP) is 0.271. The van der Waals surface area contributed by atoms with Gasteiger partial charge in [0.25, 0.3) is 11.8 Å². The first-order valence-electron chi connectivity index (χ1n) is 6.93. The van der Waals surface area contributed by atoms with Crippen LogP contribution in [0.1, 0.15) is 28.8 Å². The van der Waals surface area contributed by atoms with Gasteiger partial charge in [0.05, 0.1) is 0 Å². The monoisotopic (exact) mass is 302 g/mol. The summed E-state index contributed by atoms with van der Waals surface area (Å²) in [7, 11) is 3.25. The van der Waals surface area contributed by atoms with Crippen molar-refractivity contribution in [2.45, 2.75) is 19.4 Å². The lowest BCUT2D eigenvalue weighted by Crippen LogP contribution is -2.37. The summed E-state index contributed by atoms with van der Waals surface area (Å²) >= 11 is 0. The fourth-order valence-corrected chi connectivity index (χ4v) is 2.10. The first kappa shape index (κ1) is 15.7. The third-order valence-electron chi connectivity index (χ3n) is 3.36. The molecule has 0 aromatic heterocycles. The Morgan fingerprint density at radius 3 is 2.50 bits per heavy atom. The highest BCUT2D eigenvalue weighted by molar-refractivity contribution is 6.39. The van der Waals surface area contributed by atoms with E-state index in [0.29, 0.717) is 24.2 Å². The van der Waals surface area contributed by atoms with Crippen LogP contribution in [0, 0.1) is 0 Å². The van der Waals surface area contributed by atoms with Crippen LogP contribution < -0.4 is 10.7 Å². The van der Waals surface area contributed by atoms with Gasteiger partial charge in [-0.3, -0.25) is 14.4 Å². The lowest BCUT2D eigenvalue weighted by atomic mass is 10.1. The topological polar surface area (TPSA) is 90.9 Å². The van der Waals surface area contributed by atoms with Gasteiger partial charge in [0, 0.05) is 39.0 Å². The second-order valence-electron chi connectivity index (χ2n) is 5.03. The summed E-state index contributed by atoms with van der Waals surface area (Å²) in [6, 6.07) is 7.04. The van der Waals surface area contributed by atoms with Gasteiger partial charge in [-0.15, -0.1) is 0 Å². The molecule has 7 heteroatoms. The van der Waals surface area contributed by atoms with Crippen LogP contribution in [0.25, 0.3) is 0 Å². The van der Waals surface area contributed by atoms with E-state index >= 15 is 0 Å². The fourth-order valence-electron chi connectivity index (χ4n) is 2.10. The van der Waals surface area contributed by atoms with E-state index in [1.807, 2.05) is 0 Å². The molecule has 1 aromatic carbocycles. The maximum Gasteiger partial charge on any atom is 0.270 e. The maximum absolute atomic E-state index is 12.2. The summed E-state index contributed by atoms with van der Waals surface area (Å²) in [5, 5.41) is 6.35. The number of nitrogens with zero attached hydrogens (tertiary/aromatic N) is 2. The van der Waals surface area contributed by atoms with E-state index in [-0.39, 0.29) is 24.1 Å². The Morgan fingerprint density at radius 2 is 1.95 bits per heavy atom. The van der Waals surface area contributed by atoms with Gasteiger partial charge in [-0.1, -0.05) is 12.1 Å². The first-order chi connectivity index (χ1) is 10.5.